The fraction of sp³-hybridized carbons (Fsp3) is 0.625. The van der Waals surface area contributed by atoms with E-state index in [4.69, 9.17) is 5.73 Å². The molecule has 6 heteroatoms. The highest BCUT2D eigenvalue weighted by molar-refractivity contribution is 5.88. The van der Waals surface area contributed by atoms with Crippen LogP contribution in [0.3, 0.4) is 0 Å². The molecule has 1 rings (SSSR count). The van der Waals surface area contributed by atoms with Crippen LogP contribution in [0, 0.1) is 6.92 Å². The molecule has 0 bridgehead atoms. The number of carbonyl (C=O) groups is 1. The molecule has 0 unspecified atom stereocenters. The maximum atomic E-state index is 11.2. The summed E-state index contributed by atoms with van der Waals surface area (Å²) in [5, 5.41) is 7.57. The van der Waals surface area contributed by atoms with Crippen molar-refractivity contribution in [3.05, 3.63) is 11.4 Å². The Hall–Kier alpha value is -1.43. The summed E-state index contributed by atoms with van der Waals surface area (Å²) in [6.45, 7) is 3.04. The third-order valence-corrected chi connectivity index (χ3v) is 1.94. The number of methoxy groups -OCH3 is 1. The second-order valence-corrected chi connectivity index (χ2v) is 2.88. The van der Waals surface area contributed by atoms with Gasteiger partial charge in [-0.05, 0) is 19.9 Å². The predicted octanol–water partition coefficient (Wildman–Crippen LogP) is -0.278. The molecule has 0 saturated heterocycles. The summed E-state index contributed by atoms with van der Waals surface area (Å²) in [6.07, 6.45) is 0.810. The molecule has 0 aliphatic rings. The quantitative estimate of drug-likeness (QED) is 0.673. The predicted molar refractivity (Wildman–Crippen MR) is 49.8 cm³/mol. The van der Waals surface area contributed by atoms with E-state index in [1.54, 1.807) is 11.6 Å². The van der Waals surface area contributed by atoms with E-state index in [-0.39, 0.29) is 5.69 Å². The van der Waals surface area contributed by atoms with Crippen molar-refractivity contribution in [2.75, 3.05) is 13.7 Å². The van der Waals surface area contributed by atoms with Gasteiger partial charge in [-0.2, -0.15) is 0 Å². The number of ether oxygens (including phenoxy) is 1. The van der Waals surface area contributed by atoms with Crippen LogP contribution >= 0.6 is 0 Å². The van der Waals surface area contributed by atoms with Crippen LogP contribution in [0.15, 0.2) is 0 Å². The zero-order chi connectivity index (χ0) is 10.6. The Morgan fingerprint density at radius 3 is 2.93 bits per heavy atom. The van der Waals surface area contributed by atoms with Gasteiger partial charge in [-0.3, -0.25) is 0 Å². The number of esters is 1. The normalized spacial score (nSPS) is 10.2. The number of hydrogen-bond donors (Lipinski definition) is 1. The fourth-order valence-electron chi connectivity index (χ4n) is 1.10. The fourth-order valence-corrected chi connectivity index (χ4v) is 1.10. The van der Waals surface area contributed by atoms with Crippen molar-refractivity contribution in [2.24, 2.45) is 5.73 Å². The smallest absolute Gasteiger partial charge is 0.360 e. The Kier molecular flexibility index (Phi) is 3.58. The average molecular weight is 198 g/mol. The lowest BCUT2D eigenvalue weighted by Gasteiger charge is -2.01. The van der Waals surface area contributed by atoms with Gasteiger partial charge in [0.25, 0.3) is 0 Å². The number of aromatic nitrogens is 3. The minimum atomic E-state index is -0.457. The minimum Gasteiger partial charge on any atom is -0.464 e. The van der Waals surface area contributed by atoms with Crippen molar-refractivity contribution in [3.63, 3.8) is 0 Å². The highest BCUT2D eigenvalue weighted by Crippen LogP contribution is 2.05. The van der Waals surface area contributed by atoms with Crippen molar-refractivity contribution < 1.29 is 9.53 Å². The monoisotopic (exact) mass is 198 g/mol. The molecule has 0 atom stereocenters. The summed E-state index contributed by atoms with van der Waals surface area (Å²) in [5.41, 5.74) is 6.35. The SMILES string of the molecule is COC(=O)c1nnn(CCCN)c1C. The van der Waals surface area contributed by atoms with E-state index < -0.39 is 5.97 Å². The van der Waals surface area contributed by atoms with Gasteiger partial charge >= 0.3 is 5.97 Å². The molecule has 0 spiro atoms. The first-order valence-electron chi connectivity index (χ1n) is 4.39. The third kappa shape index (κ3) is 2.08. The second-order valence-electron chi connectivity index (χ2n) is 2.88. The molecule has 6 nitrogen and oxygen atoms in total. The summed E-state index contributed by atoms with van der Waals surface area (Å²) >= 11 is 0. The van der Waals surface area contributed by atoms with Gasteiger partial charge in [-0.15, -0.1) is 5.10 Å². The third-order valence-electron chi connectivity index (χ3n) is 1.94. The Bertz CT molecular complexity index is 321. The summed E-state index contributed by atoms with van der Waals surface area (Å²) in [7, 11) is 1.32. The topological polar surface area (TPSA) is 83.0 Å². The van der Waals surface area contributed by atoms with E-state index in [1.165, 1.54) is 7.11 Å². The van der Waals surface area contributed by atoms with Crippen LogP contribution in [0.2, 0.25) is 0 Å². The van der Waals surface area contributed by atoms with Gasteiger partial charge in [-0.25, -0.2) is 9.48 Å². The molecule has 0 aromatic carbocycles. The van der Waals surface area contributed by atoms with Gasteiger partial charge < -0.3 is 10.5 Å². The van der Waals surface area contributed by atoms with E-state index in [2.05, 4.69) is 15.0 Å². The molecule has 14 heavy (non-hydrogen) atoms. The van der Waals surface area contributed by atoms with Gasteiger partial charge in [0, 0.05) is 6.54 Å². The van der Waals surface area contributed by atoms with Crippen LogP contribution in [0.5, 0.6) is 0 Å². The van der Waals surface area contributed by atoms with Gasteiger partial charge in [-0.1, -0.05) is 5.21 Å². The van der Waals surface area contributed by atoms with Crippen molar-refractivity contribution in [1.82, 2.24) is 15.0 Å². The van der Waals surface area contributed by atoms with E-state index in [0.29, 0.717) is 18.8 Å². The Morgan fingerprint density at radius 2 is 2.36 bits per heavy atom. The maximum Gasteiger partial charge on any atom is 0.360 e. The van der Waals surface area contributed by atoms with Crippen molar-refractivity contribution in [3.8, 4) is 0 Å². The van der Waals surface area contributed by atoms with Crippen LogP contribution in [-0.2, 0) is 11.3 Å². The Balaban J connectivity index is 2.80. The lowest BCUT2D eigenvalue weighted by atomic mass is 10.3. The van der Waals surface area contributed by atoms with E-state index >= 15 is 0 Å². The standard InChI is InChI=1S/C8H14N4O2/c1-6-7(8(13)14-2)10-11-12(6)5-3-4-9/h3-5,9H2,1-2H3. The van der Waals surface area contributed by atoms with E-state index in [1.807, 2.05) is 0 Å². The highest BCUT2D eigenvalue weighted by Gasteiger charge is 2.15. The molecule has 0 aliphatic carbocycles. The van der Waals surface area contributed by atoms with Gasteiger partial charge in [0.1, 0.15) is 0 Å². The minimum absolute atomic E-state index is 0.268. The summed E-state index contributed by atoms with van der Waals surface area (Å²) < 4.78 is 6.21. The maximum absolute atomic E-state index is 11.2. The van der Waals surface area contributed by atoms with Crippen molar-refractivity contribution in [1.29, 1.82) is 0 Å². The first kappa shape index (κ1) is 10.6. The number of rotatable bonds is 4. The van der Waals surface area contributed by atoms with Crippen molar-refractivity contribution >= 4 is 5.97 Å². The lowest BCUT2D eigenvalue weighted by molar-refractivity contribution is 0.0593. The molecule has 1 aromatic heterocycles. The highest BCUT2D eigenvalue weighted by atomic mass is 16.5. The average Bonchev–Trinajstić information content (AvgIpc) is 2.56. The number of nitrogens with two attached hydrogens (primary N) is 1. The molecular formula is C8H14N4O2. The number of nitrogens with zero attached hydrogens (tertiary/aromatic N) is 3. The van der Waals surface area contributed by atoms with Gasteiger partial charge in [0.2, 0.25) is 0 Å². The number of aryl methyl sites for hydroxylation is 1. The summed E-state index contributed by atoms with van der Waals surface area (Å²) in [4.78, 5) is 11.2. The summed E-state index contributed by atoms with van der Waals surface area (Å²) in [6, 6.07) is 0. The molecule has 78 valence electrons. The first-order chi connectivity index (χ1) is 6.70. The van der Waals surface area contributed by atoms with Gasteiger partial charge in [0.05, 0.1) is 12.8 Å². The Labute approximate surface area is 82.0 Å². The molecule has 0 fully saturated rings. The first-order valence-corrected chi connectivity index (χ1v) is 4.39. The Morgan fingerprint density at radius 1 is 1.64 bits per heavy atom. The zero-order valence-electron chi connectivity index (χ0n) is 8.36. The number of hydrogen-bond acceptors (Lipinski definition) is 5. The molecule has 2 N–H and O–H groups in total. The second kappa shape index (κ2) is 4.71. The largest absolute Gasteiger partial charge is 0.464 e. The number of carbonyl (C=O) groups excluding carboxylic acids is 1. The van der Waals surface area contributed by atoms with Crippen LogP contribution < -0.4 is 5.73 Å². The van der Waals surface area contributed by atoms with Crippen LogP contribution in [0.25, 0.3) is 0 Å². The molecule has 1 aromatic rings. The summed E-state index contributed by atoms with van der Waals surface area (Å²) in [5.74, 6) is -0.457. The van der Waals surface area contributed by atoms with Crippen molar-refractivity contribution in [2.45, 2.75) is 19.9 Å². The molecule has 0 radical (unpaired) electrons. The molecular weight excluding hydrogens is 184 g/mol. The van der Waals surface area contributed by atoms with Crippen LogP contribution in [0.4, 0.5) is 0 Å². The van der Waals surface area contributed by atoms with Crippen LogP contribution in [0.1, 0.15) is 22.6 Å². The molecule has 0 aliphatic heterocycles. The van der Waals surface area contributed by atoms with E-state index in [0.717, 1.165) is 6.42 Å². The van der Waals surface area contributed by atoms with Crippen LogP contribution in [-0.4, -0.2) is 34.6 Å². The molecule has 1 heterocycles. The molecule has 0 amide bonds. The van der Waals surface area contributed by atoms with E-state index in [9.17, 15) is 4.79 Å². The zero-order valence-corrected chi connectivity index (χ0v) is 8.36. The van der Waals surface area contributed by atoms with Gasteiger partial charge in [0.15, 0.2) is 5.69 Å². The molecule has 0 saturated carbocycles. The lowest BCUT2D eigenvalue weighted by Crippen LogP contribution is -2.09.